The van der Waals surface area contributed by atoms with Crippen molar-refractivity contribution in [1.29, 1.82) is 0 Å². The molecular formula is C12H18N2O2. The molecular weight excluding hydrogens is 204 g/mol. The molecule has 1 saturated heterocycles. The Morgan fingerprint density at radius 1 is 1.06 bits per heavy atom. The van der Waals surface area contributed by atoms with Gasteiger partial charge in [0.2, 0.25) is 0 Å². The highest BCUT2D eigenvalue weighted by molar-refractivity contribution is 5.40. The average Bonchev–Trinajstić information content (AvgIpc) is 2.39. The van der Waals surface area contributed by atoms with E-state index >= 15 is 0 Å². The Balaban J connectivity index is 2.24. The van der Waals surface area contributed by atoms with Gasteiger partial charge >= 0.3 is 0 Å². The van der Waals surface area contributed by atoms with Crippen LogP contribution in [0.3, 0.4) is 0 Å². The van der Waals surface area contributed by atoms with E-state index in [1.54, 1.807) is 14.2 Å². The minimum absolute atomic E-state index is 0.331. The number of hydrogen-bond acceptors (Lipinski definition) is 4. The number of nitrogens with one attached hydrogen (secondary N) is 2. The number of rotatable bonds is 3. The quantitative estimate of drug-likeness (QED) is 0.798. The molecule has 0 aromatic heterocycles. The summed E-state index contributed by atoms with van der Waals surface area (Å²) in [5.74, 6) is 1.67. The molecule has 4 nitrogen and oxygen atoms in total. The van der Waals surface area contributed by atoms with Crippen molar-refractivity contribution in [2.75, 3.05) is 33.9 Å². The van der Waals surface area contributed by atoms with E-state index in [4.69, 9.17) is 9.47 Å². The molecule has 0 aliphatic carbocycles. The van der Waals surface area contributed by atoms with Gasteiger partial charge in [0.25, 0.3) is 0 Å². The first-order valence-corrected chi connectivity index (χ1v) is 5.50. The molecule has 1 aromatic carbocycles. The van der Waals surface area contributed by atoms with Crippen LogP contribution in [0.1, 0.15) is 11.6 Å². The number of methoxy groups -OCH3 is 2. The third kappa shape index (κ3) is 2.46. The van der Waals surface area contributed by atoms with E-state index in [0.717, 1.165) is 31.1 Å². The van der Waals surface area contributed by atoms with Crippen molar-refractivity contribution in [3.63, 3.8) is 0 Å². The van der Waals surface area contributed by atoms with Crippen LogP contribution in [0.15, 0.2) is 18.2 Å². The fourth-order valence-corrected chi connectivity index (χ4v) is 1.92. The molecule has 1 atom stereocenters. The predicted octanol–water partition coefficient (Wildman–Crippen LogP) is 0.938. The van der Waals surface area contributed by atoms with Gasteiger partial charge in [0, 0.05) is 31.7 Å². The Kier molecular flexibility index (Phi) is 3.64. The highest BCUT2D eigenvalue weighted by Crippen LogP contribution is 2.26. The fourth-order valence-electron chi connectivity index (χ4n) is 1.92. The van der Waals surface area contributed by atoms with Crippen LogP contribution in [0.25, 0.3) is 0 Å². The summed E-state index contributed by atoms with van der Waals surface area (Å²) >= 11 is 0. The van der Waals surface area contributed by atoms with Crippen molar-refractivity contribution in [3.05, 3.63) is 23.8 Å². The molecule has 0 bridgehead atoms. The minimum atomic E-state index is 0.331. The largest absolute Gasteiger partial charge is 0.497 e. The van der Waals surface area contributed by atoms with Crippen LogP contribution in [-0.4, -0.2) is 33.9 Å². The van der Waals surface area contributed by atoms with E-state index < -0.39 is 0 Å². The van der Waals surface area contributed by atoms with E-state index in [9.17, 15) is 0 Å². The molecule has 2 N–H and O–H groups in total. The molecule has 4 heteroatoms. The molecule has 1 fully saturated rings. The second-order valence-electron chi connectivity index (χ2n) is 3.86. The summed E-state index contributed by atoms with van der Waals surface area (Å²) in [6, 6.07) is 6.32. The Bertz CT molecular complexity index is 327. The van der Waals surface area contributed by atoms with E-state index in [-0.39, 0.29) is 0 Å². The molecule has 1 aliphatic heterocycles. The molecule has 88 valence electrons. The van der Waals surface area contributed by atoms with Crippen LogP contribution >= 0.6 is 0 Å². The third-order valence-electron chi connectivity index (χ3n) is 2.82. The van der Waals surface area contributed by atoms with Gasteiger partial charge in [-0.05, 0) is 17.7 Å². The first-order valence-electron chi connectivity index (χ1n) is 5.50. The molecule has 0 amide bonds. The molecule has 2 rings (SSSR count). The summed E-state index contributed by atoms with van der Waals surface area (Å²) in [6.07, 6.45) is 0. The average molecular weight is 222 g/mol. The molecule has 0 saturated carbocycles. The van der Waals surface area contributed by atoms with Crippen molar-refractivity contribution in [2.24, 2.45) is 0 Å². The Morgan fingerprint density at radius 2 is 1.75 bits per heavy atom. The molecule has 1 heterocycles. The van der Waals surface area contributed by atoms with Crippen LogP contribution in [0.5, 0.6) is 11.5 Å². The molecule has 0 spiro atoms. The van der Waals surface area contributed by atoms with E-state index in [1.807, 2.05) is 18.2 Å². The smallest absolute Gasteiger partial charge is 0.122 e. The summed E-state index contributed by atoms with van der Waals surface area (Å²) in [6.45, 7) is 2.96. The summed E-state index contributed by atoms with van der Waals surface area (Å²) in [5, 5.41) is 6.83. The van der Waals surface area contributed by atoms with Crippen molar-refractivity contribution in [2.45, 2.75) is 6.04 Å². The predicted molar refractivity (Wildman–Crippen MR) is 63.2 cm³/mol. The highest BCUT2D eigenvalue weighted by atomic mass is 16.5. The monoisotopic (exact) mass is 222 g/mol. The van der Waals surface area contributed by atoms with Gasteiger partial charge in [-0.25, -0.2) is 0 Å². The highest BCUT2D eigenvalue weighted by Gasteiger charge is 2.15. The van der Waals surface area contributed by atoms with Crippen molar-refractivity contribution in [1.82, 2.24) is 10.6 Å². The maximum Gasteiger partial charge on any atom is 0.122 e. The summed E-state index contributed by atoms with van der Waals surface area (Å²) < 4.78 is 10.5. The van der Waals surface area contributed by atoms with Crippen LogP contribution in [0.2, 0.25) is 0 Å². The van der Waals surface area contributed by atoms with Crippen LogP contribution in [0, 0.1) is 0 Å². The first kappa shape index (κ1) is 11.2. The van der Waals surface area contributed by atoms with Crippen LogP contribution in [-0.2, 0) is 0 Å². The third-order valence-corrected chi connectivity index (χ3v) is 2.82. The van der Waals surface area contributed by atoms with E-state index in [0.29, 0.717) is 6.04 Å². The fraction of sp³-hybridized carbons (Fsp3) is 0.500. The lowest BCUT2D eigenvalue weighted by Crippen LogP contribution is -2.42. The minimum Gasteiger partial charge on any atom is -0.497 e. The van der Waals surface area contributed by atoms with E-state index in [1.165, 1.54) is 5.56 Å². The second-order valence-corrected chi connectivity index (χ2v) is 3.86. The SMILES string of the molecule is COc1cc(OC)cc([C@H]2CNCCN2)c1. The van der Waals surface area contributed by atoms with Crippen LogP contribution in [0.4, 0.5) is 0 Å². The van der Waals surface area contributed by atoms with Gasteiger partial charge in [-0.3, -0.25) is 0 Å². The van der Waals surface area contributed by atoms with Gasteiger partial charge in [0.1, 0.15) is 11.5 Å². The number of benzene rings is 1. The van der Waals surface area contributed by atoms with Crippen LogP contribution < -0.4 is 20.1 Å². The van der Waals surface area contributed by atoms with Gasteiger partial charge in [-0.1, -0.05) is 0 Å². The van der Waals surface area contributed by atoms with Gasteiger partial charge < -0.3 is 20.1 Å². The molecule has 1 aliphatic rings. The first-order chi connectivity index (χ1) is 7.83. The topological polar surface area (TPSA) is 42.5 Å². The van der Waals surface area contributed by atoms with E-state index in [2.05, 4.69) is 10.6 Å². The molecule has 16 heavy (non-hydrogen) atoms. The Morgan fingerprint density at radius 3 is 2.25 bits per heavy atom. The van der Waals surface area contributed by atoms with Gasteiger partial charge in [0.05, 0.1) is 14.2 Å². The lowest BCUT2D eigenvalue weighted by molar-refractivity contribution is 0.387. The zero-order chi connectivity index (χ0) is 11.4. The van der Waals surface area contributed by atoms with Gasteiger partial charge in [-0.2, -0.15) is 0 Å². The molecule has 1 aromatic rings. The normalized spacial score (nSPS) is 20.5. The van der Waals surface area contributed by atoms with Crippen molar-refractivity contribution >= 4 is 0 Å². The summed E-state index contributed by atoms with van der Waals surface area (Å²) in [7, 11) is 3.34. The Hall–Kier alpha value is -1.26. The lowest BCUT2D eigenvalue weighted by Gasteiger charge is -2.25. The van der Waals surface area contributed by atoms with Crippen molar-refractivity contribution in [3.8, 4) is 11.5 Å². The summed E-state index contributed by atoms with van der Waals surface area (Å²) in [4.78, 5) is 0. The zero-order valence-electron chi connectivity index (χ0n) is 9.75. The maximum absolute atomic E-state index is 5.26. The molecule has 0 unspecified atom stereocenters. The lowest BCUT2D eigenvalue weighted by atomic mass is 10.0. The number of piperazine rings is 1. The molecule has 0 radical (unpaired) electrons. The number of hydrogen-bond donors (Lipinski definition) is 2. The zero-order valence-corrected chi connectivity index (χ0v) is 9.75. The Labute approximate surface area is 95.9 Å². The number of ether oxygens (including phenoxy) is 2. The second kappa shape index (κ2) is 5.18. The maximum atomic E-state index is 5.26. The summed E-state index contributed by atoms with van der Waals surface area (Å²) in [5.41, 5.74) is 1.20. The van der Waals surface area contributed by atoms with Gasteiger partial charge in [-0.15, -0.1) is 0 Å². The standard InChI is InChI=1S/C12H18N2O2/c1-15-10-5-9(6-11(7-10)16-2)12-8-13-3-4-14-12/h5-7,12-14H,3-4,8H2,1-2H3/t12-/m1/s1. The van der Waals surface area contributed by atoms with Gasteiger partial charge in [0.15, 0.2) is 0 Å². The van der Waals surface area contributed by atoms with Crippen molar-refractivity contribution < 1.29 is 9.47 Å².